The molecule has 0 saturated carbocycles. The Bertz CT molecular complexity index is 685. The first-order valence-electron chi connectivity index (χ1n) is 8.32. The summed E-state index contributed by atoms with van der Waals surface area (Å²) in [6.45, 7) is 2.72. The second-order valence-corrected chi connectivity index (χ2v) is 7.47. The van der Waals surface area contributed by atoms with Gasteiger partial charge in [-0.2, -0.15) is 0 Å². The van der Waals surface area contributed by atoms with E-state index in [1.54, 1.807) is 0 Å². The lowest BCUT2D eigenvalue weighted by atomic mass is 9.93. The van der Waals surface area contributed by atoms with Gasteiger partial charge in [-0.25, -0.2) is 4.98 Å². The first kappa shape index (κ1) is 23.2. The van der Waals surface area contributed by atoms with Gasteiger partial charge in [0.2, 0.25) is 0 Å². The number of aromatic nitrogens is 1. The minimum atomic E-state index is 0. The van der Waals surface area contributed by atoms with Crippen molar-refractivity contribution in [1.82, 2.24) is 15.2 Å². The monoisotopic (exact) mass is 435 g/mol. The molecule has 8 heteroatoms. The van der Waals surface area contributed by atoms with Gasteiger partial charge >= 0.3 is 0 Å². The molecule has 0 spiro atoms. The lowest BCUT2D eigenvalue weighted by Crippen LogP contribution is -2.39. The molecular weight excluding hydrogens is 413 g/mol. The summed E-state index contributed by atoms with van der Waals surface area (Å²) in [5.41, 5.74) is 1.55. The fraction of sp³-hybridized carbons (Fsp3) is 0.444. The van der Waals surface area contributed by atoms with E-state index in [1.807, 2.05) is 41.6 Å². The highest BCUT2D eigenvalue weighted by Crippen LogP contribution is 2.27. The van der Waals surface area contributed by atoms with E-state index in [-0.39, 0.29) is 30.7 Å². The molecule has 1 aliphatic heterocycles. The zero-order valence-corrected chi connectivity index (χ0v) is 17.8. The second-order valence-electron chi connectivity index (χ2n) is 6.17. The summed E-state index contributed by atoms with van der Waals surface area (Å²) in [6.07, 6.45) is 3.36. The molecule has 2 heterocycles. The Hall–Kier alpha value is -0.850. The Kier molecular flexibility index (Phi) is 9.90. The van der Waals surface area contributed by atoms with Gasteiger partial charge in [-0.15, -0.1) is 36.2 Å². The third kappa shape index (κ3) is 5.83. The Morgan fingerprint density at radius 3 is 2.54 bits per heavy atom. The quantitative estimate of drug-likeness (QED) is 0.734. The number of halogens is 3. The minimum Gasteiger partial charge on any atom is -0.337 e. The third-order valence-corrected chi connectivity index (χ3v) is 5.66. The minimum absolute atomic E-state index is 0. The van der Waals surface area contributed by atoms with Crippen molar-refractivity contribution in [2.45, 2.75) is 19.3 Å². The van der Waals surface area contributed by atoms with Gasteiger partial charge in [-0.1, -0.05) is 23.7 Å². The van der Waals surface area contributed by atoms with Crippen molar-refractivity contribution in [1.29, 1.82) is 0 Å². The molecule has 1 aromatic heterocycles. The smallest absolute Gasteiger partial charge is 0.273 e. The maximum Gasteiger partial charge on any atom is 0.273 e. The van der Waals surface area contributed by atoms with Crippen molar-refractivity contribution in [3.8, 4) is 10.6 Å². The van der Waals surface area contributed by atoms with E-state index in [0.717, 1.165) is 49.0 Å². The number of nitrogens with one attached hydrogen (secondary N) is 1. The molecule has 26 heavy (non-hydrogen) atoms. The van der Waals surface area contributed by atoms with Crippen LogP contribution in [0.5, 0.6) is 0 Å². The summed E-state index contributed by atoms with van der Waals surface area (Å²) in [6, 6.07) is 7.55. The average Bonchev–Trinajstić information content (AvgIpc) is 3.10. The maximum absolute atomic E-state index is 12.7. The van der Waals surface area contributed by atoms with E-state index in [0.29, 0.717) is 10.7 Å². The van der Waals surface area contributed by atoms with Gasteiger partial charge in [-0.05, 0) is 50.9 Å². The zero-order valence-electron chi connectivity index (χ0n) is 14.6. The van der Waals surface area contributed by atoms with Crippen molar-refractivity contribution >= 4 is 53.7 Å². The predicted octanol–water partition coefficient (Wildman–Crippen LogP) is 4.77. The molecule has 1 aliphatic rings. The van der Waals surface area contributed by atoms with Crippen LogP contribution < -0.4 is 5.32 Å². The number of rotatable bonds is 5. The van der Waals surface area contributed by atoms with Crippen LogP contribution >= 0.6 is 47.8 Å². The normalized spacial score (nSPS) is 14.5. The molecule has 0 radical (unpaired) electrons. The van der Waals surface area contributed by atoms with Crippen LogP contribution in [0.3, 0.4) is 0 Å². The molecule has 0 atom stereocenters. The standard InChI is InChI=1S/C18H22ClN3OS.2ClH/c1-20-9-6-13-7-10-22(11-8-13)18(23)16-12-24-17(21-16)14-2-4-15(19)5-3-14;;/h2-5,12-13,20H,6-11H2,1H3;2*1H. The first-order chi connectivity index (χ1) is 11.7. The lowest BCUT2D eigenvalue weighted by Gasteiger charge is -2.31. The Labute approximate surface area is 176 Å². The number of carbonyl (C=O) groups excluding carboxylic acids is 1. The van der Waals surface area contributed by atoms with E-state index < -0.39 is 0 Å². The fourth-order valence-corrected chi connectivity index (χ4v) is 3.96. The molecule has 0 aliphatic carbocycles. The zero-order chi connectivity index (χ0) is 16.9. The van der Waals surface area contributed by atoms with Gasteiger partial charge in [0.05, 0.1) is 0 Å². The number of likely N-dealkylation sites (tertiary alicyclic amines) is 1. The molecule has 3 rings (SSSR count). The number of hydrogen-bond acceptors (Lipinski definition) is 4. The molecule has 0 bridgehead atoms. The van der Waals surface area contributed by atoms with Crippen molar-refractivity contribution in [3.63, 3.8) is 0 Å². The van der Waals surface area contributed by atoms with E-state index in [9.17, 15) is 4.79 Å². The predicted molar refractivity (Wildman–Crippen MR) is 114 cm³/mol. The number of thiazole rings is 1. The van der Waals surface area contributed by atoms with Crippen LogP contribution in [0.2, 0.25) is 5.02 Å². The molecule has 2 aromatic rings. The molecule has 1 amide bonds. The molecule has 4 nitrogen and oxygen atoms in total. The van der Waals surface area contributed by atoms with E-state index >= 15 is 0 Å². The highest BCUT2D eigenvalue weighted by molar-refractivity contribution is 7.13. The van der Waals surface area contributed by atoms with Crippen LogP contribution in [0.4, 0.5) is 0 Å². The molecule has 1 aromatic carbocycles. The van der Waals surface area contributed by atoms with Gasteiger partial charge in [0, 0.05) is 29.1 Å². The van der Waals surface area contributed by atoms with Gasteiger partial charge in [-0.3, -0.25) is 4.79 Å². The van der Waals surface area contributed by atoms with Crippen LogP contribution in [0.1, 0.15) is 29.8 Å². The number of amides is 1. The highest BCUT2D eigenvalue weighted by atomic mass is 35.5. The third-order valence-electron chi connectivity index (χ3n) is 4.52. The molecular formula is C18H24Cl3N3OS. The van der Waals surface area contributed by atoms with E-state index in [2.05, 4.69) is 10.3 Å². The van der Waals surface area contributed by atoms with Crippen LogP contribution in [0.15, 0.2) is 29.6 Å². The first-order valence-corrected chi connectivity index (χ1v) is 9.58. The summed E-state index contributed by atoms with van der Waals surface area (Å²) in [5, 5.41) is 6.62. The molecule has 144 valence electrons. The van der Waals surface area contributed by atoms with Crippen LogP contribution in [-0.2, 0) is 0 Å². The molecule has 1 fully saturated rings. The van der Waals surface area contributed by atoms with Crippen molar-refractivity contribution in [3.05, 3.63) is 40.4 Å². The molecule has 1 saturated heterocycles. The maximum atomic E-state index is 12.7. The van der Waals surface area contributed by atoms with Gasteiger partial charge in [0.15, 0.2) is 0 Å². The summed E-state index contributed by atoms with van der Waals surface area (Å²) in [7, 11) is 1.99. The Morgan fingerprint density at radius 2 is 1.92 bits per heavy atom. The Balaban J connectivity index is 0.00000169. The van der Waals surface area contributed by atoms with Crippen molar-refractivity contribution < 1.29 is 4.79 Å². The summed E-state index contributed by atoms with van der Waals surface area (Å²) in [5.74, 6) is 0.778. The Morgan fingerprint density at radius 1 is 1.27 bits per heavy atom. The number of hydrogen-bond donors (Lipinski definition) is 1. The highest BCUT2D eigenvalue weighted by Gasteiger charge is 2.24. The topological polar surface area (TPSA) is 45.2 Å². The fourth-order valence-electron chi connectivity index (χ4n) is 3.03. The van der Waals surface area contributed by atoms with Crippen LogP contribution in [0, 0.1) is 5.92 Å². The summed E-state index contributed by atoms with van der Waals surface area (Å²) >= 11 is 7.42. The van der Waals surface area contributed by atoms with Gasteiger partial charge in [0.1, 0.15) is 10.7 Å². The van der Waals surface area contributed by atoms with Crippen LogP contribution in [-0.4, -0.2) is 42.5 Å². The van der Waals surface area contributed by atoms with Crippen molar-refractivity contribution in [2.24, 2.45) is 5.92 Å². The second kappa shape index (κ2) is 11.1. The largest absolute Gasteiger partial charge is 0.337 e. The SMILES string of the molecule is CNCCC1CCN(C(=O)c2csc(-c3ccc(Cl)cc3)n2)CC1.Cl.Cl. The number of carbonyl (C=O) groups is 1. The summed E-state index contributed by atoms with van der Waals surface area (Å²) < 4.78 is 0. The number of piperidine rings is 1. The van der Waals surface area contributed by atoms with Crippen molar-refractivity contribution in [2.75, 3.05) is 26.7 Å². The molecule has 1 N–H and O–H groups in total. The average molecular weight is 437 g/mol. The van der Waals surface area contributed by atoms with Crippen LogP contribution in [0.25, 0.3) is 10.6 Å². The van der Waals surface area contributed by atoms with E-state index in [4.69, 9.17) is 11.6 Å². The number of nitrogens with zero attached hydrogens (tertiary/aromatic N) is 2. The molecule has 0 unspecified atom stereocenters. The number of benzene rings is 1. The lowest BCUT2D eigenvalue weighted by molar-refractivity contribution is 0.0682. The van der Waals surface area contributed by atoms with E-state index in [1.165, 1.54) is 17.8 Å². The van der Waals surface area contributed by atoms with Gasteiger partial charge < -0.3 is 10.2 Å². The van der Waals surface area contributed by atoms with Gasteiger partial charge in [0.25, 0.3) is 5.91 Å². The summed E-state index contributed by atoms with van der Waals surface area (Å²) in [4.78, 5) is 19.1.